The Morgan fingerprint density at radius 2 is 1.86 bits per heavy atom. The lowest BCUT2D eigenvalue weighted by molar-refractivity contribution is -0.131. The summed E-state index contributed by atoms with van der Waals surface area (Å²) in [6.07, 6.45) is 1.35. The molecule has 8 heteroatoms. The fourth-order valence-electron chi connectivity index (χ4n) is 1.36. The number of ether oxygens (including phenoxy) is 2. The molecule has 0 spiro atoms. The van der Waals surface area contributed by atoms with E-state index >= 15 is 0 Å². The Hall–Kier alpha value is -3.03. The number of amides is 3. The number of carboxylic acid groups (broad SMARTS) is 1. The van der Waals surface area contributed by atoms with Crippen molar-refractivity contribution in [1.29, 1.82) is 0 Å². The van der Waals surface area contributed by atoms with E-state index in [1.807, 2.05) is 5.32 Å². The van der Waals surface area contributed by atoms with Gasteiger partial charge in [-0.05, 0) is 12.1 Å². The second-order valence-corrected chi connectivity index (χ2v) is 3.68. The molecule has 0 aliphatic carbocycles. The fraction of sp³-hybridized carbons (Fsp3) is 0.154. The molecule has 0 bridgehead atoms. The van der Waals surface area contributed by atoms with Gasteiger partial charge < -0.3 is 19.9 Å². The fourth-order valence-corrected chi connectivity index (χ4v) is 1.36. The SMILES string of the molecule is COc1ccc(NC(=O)NC(=O)/C=C/C(=O)O)c(OC)c1. The molecule has 21 heavy (non-hydrogen) atoms. The minimum absolute atomic E-state index is 0.325. The van der Waals surface area contributed by atoms with Gasteiger partial charge in [0.25, 0.3) is 5.91 Å². The first-order chi connectivity index (χ1) is 9.96. The van der Waals surface area contributed by atoms with Crippen LogP contribution in [0.15, 0.2) is 30.4 Å². The number of nitrogens with one attached hydrogen (secondary N) is 2. The van der Waals surface area contributed by atoms with Gasteiger partial charge in [-0.25, -0.2) is 9.59 Å². The van der Waals surface area contributed by atoms with Crippen molar-refractivity contribution in [1.82, 2.24) is 5.32 Å². The zero-order chi connectivity index (χ0) is 15.8. The van der Waals surface area contributed by atoms with Gasteiger partial charge in [-0.2, -0.15) is 0 Å². The molecule has 8 nitrogen and oxygen atoms in total. The third-order valence-electron chi connectivity index (χ3n) is 2.27. The largest absolute Gasteiger partial charge is 0.497 e. The number of benzene rings is 1. The molecular formula is C13H14N2O6. The standard InChI is InChI=1S/C13H14N2O6/c1-20-8-3-4-9(10(7-8)21-2)14-13(19)15-11(16)5-6-12(17)18/h3-7H,1-2H3,(H,17,18)(H2,14,15,16,19)/b6-5+. The van der Waals surface area contributed by atoms with Crippen molar-refractivity contribution in [2.24, 2.45) is 0 Å². The van der Waals surface area contributed by atoms with Crippen molar-refractivity contribution in [3.63, 3.8) is 0 Å². The third-order valence-corrected chi connectivity index (χ3v) is 2.27. The van der Waals surface area contributed by atoms with E-state index in [0.29, 0.717) is 23.3 Å². The molecule has 112 valence electrons. The quantitative estimate of drug-likeness (QED) is 0.698. The maximum Gasteiger partial charge on any atom is 0.328 e. The summed E-state index contributed by atoms with van der Waals surface area (Å²) in [4.78, 5) is 33.0. The number of urea groups is 1. The number of carbonyl (C=O) groups excluding carboxylic acids is 2. The molecular weight excluding hydrogens is 280 g/mol. The second kappa shape index (κ2) is 7.53. The van der Waals surface area contributed by atoms with Crippen LogP contribution in [0.1, 0.15) is 0 Å². The summed E-state index contributed by atoms with van der Waals surface area (Å²) in [5.41, 5.74) is 0.325. The highest BCUT2D eigenvalue weighted by Crippen LogP contribution is 2.28. The predicted octanol–water partition coefficient (Wildman–Crippen LogP) is 0.993. The summed E-state index contributed by atoms with van der Waals surface area (Å²) in [5, 5.41) is 12.7. The van der Waals surface area contributed by atoms with Crippen LogP contribution in [-0.2, 0) is 9.59 Å². The topological polar surface area (TPSA) is 114 Å². The number of hydrogen-bond donors (Lipinski definition) is 3. The molecule has 0 atom stereocenters. The molecule has 0 radical (unpaired) electrons. The summed E-state index contributed by atoms with van der Waals surface area (Å²) < 4.78 is 10.1. The molecule has 0 unspecified atom stereocenters. The highest BCUT2D eigenvalue weighted by atomic mass is 16.5. The maximum atomic E-state index is 11.6. The molecule has 0 saturated heterocycles. The average molecular weight is 294 g/mol. The Labute approximate surface area is 120 Å². The summed E-state index contributed by atoms with van der Waals surface area (Å²) in [5.74, 6) is -1.26. The maximum absolute atomic E-state index is 11.6. The van der Waals surface area contributed by atoms with E-state index in [0.717, 1.165) is 6.08 Å². The number of hydrogen-bond acceptors (Lipinski definition) is 5. The molecule has 0 heterocycles. The van der Waals surface area contributed by atoms with E-state index in [2.05, 4.69) is 5.32 Å². The number of methoxy groups -OCH3 is 2. The zero-order valence-electron chi connectivity index (χ0n) is 11.4. The Morgan fingerprint density at radius 1 is 1.14 bits per heavy atom. The molecule has 1 aromatic carbocycles. The molecule has 0 aliphatic heterocycles. The Bertz CT molecular complexity index is 582. The van der Waals surface area contributed by atoms with E-state index < -0.39 is 17.9 Å². The number of carbonyl (C=O) groups is 3. The van der Waals surface area contributed by atoms with Gasteiger partial charge in [-0.3, -0.25) is 10.1 Å². The van der Waals surface area contributed by atoms with Crippen molar-refractivity contribution in [3.8, 4) is 11.5 Å². The van der Waals surface area contributed by atoms with Crippen LogP contribution >= 0.6 is 0 Å². The van der Waals surface area contributed by atoms with Gasteiger partial charge in [0.15, 0.2) is 0 Å². The number of rotatable bonds is 5. The lowest BCUT2D eigenvalue weighted by Crippen LogP contribution is -2.33. The van der Waals surface area contributed by atoms with Crippen LogP contribution in [0.25, 0.3) is 0 Å². The first-order valence-corrected chi connectivity index (χ1v) is 5.71. The van der Waals surface area contributed by atoms with Crippen molar-refractivity contribution >= 4 is 23.6 Å². The van der Waals surface area contributed by atoms with Crippen LogP contribution in [-0.4, -0.2) is 37.2 Å². The van der Waals surface area contributed by atoms with Crippen molar-refractivity contribution in [2.75, 3.05) is 19.5 Å². The summed E-state index contributed by atoms with van der Waals surface area (Å²) in [7, 11) is 2.90. The van der Waals surface area contributed by atoms with Crippen LogP contribution < -0.4 is 20.1 Å². The van der Waals surface area contributed by atoms with E-state index in [4.69, 9.17) is 14.6 Å². The van der Waals surface area contributed by atoms with E-state index in [9.17, 15) is 14.4 Å². The van der Waals surface area contributed by atoms with Crippen LogP contribution in [0.2, 0.25) is 0 Å². The molecule has 3 amide bonds. The molecule has 3 N–H and O–H groups in total. The number of anilines is 1. The van der Waals surface area contributed by atoms with Crippen molar-refractivity contribution < 1.29 is 29.0 Å². The van der Waals surface area contributed by atoms with Gasteiger partial charge in [-0.15, -0.1) is 0 Å². The van der Waals surface area contributed by atoms with Crippen molar-refractivity contribution in [2.45, 2.75) is 0 Å². The van der Waals surface area contributed by atoms with E-state index in [-0.39, 0.29) is 0 Å². The summed E-state index contributed by atoms with van der Waals surface area (Å²) in [6.45, 7) is 0. The van der Waals surface area contributed by atoms with E-state index in [1.54, 1.807) is 12.1 Å². The normalized spacial score (nSPS) is 10.0. The highest BCUT2D eigenvalue weighted by Gasteiger charge is 2.10. The molecule has 0 fully saturated rings. The number of carboxylic acids is 1. The second-order valence-electron chi connectivity index (χ2n) is 3.68. The van der Waals surface area contributed by atoms with Gasteiger partial charge in [0.2, 0.25) is 0 Å². The van der Waals surface area contributed by atoms with E-state index in [1.165, 1.54) is 20.3 Å². The molecule has 0 aromatic heterocycles. The smallest absolute Gasteiger partial charge is 0.328 e. The van der Waals surface area contributed by atoms with Gasteiger partial charge in [-0.1, -0.05) is 0 Å². The van der Waals surface area contributed by atoms with Gasteiger partial charge in [0.1, 0.15) is 11.5 Å². The molecule has 0 aliphatic rings. The van der Waals surface area contributed by atoms with Crippen LogP contribution in [0.3, 0.4) is 0 Å². The molecule has 1 aromatic rings. The zero-order valence-corrected chi connectivity index (χ0v) is 11.4. The van der Waals surface area contributed by atoms with Gasteiger partial charge in [0, 0.05) is 18.2 Å². The minimum Gasteiger partial charge on any atom is -0.497 e. The third kappa shape index (κ3) is 5.23. The highest BCUT2D eigenvalue weighted by molar-refractivity contribution is 6.06. The summed E-state index contributed by atoms with van der Waals surface area (Å²) >= 11 is 0. The number of aliphatic carboxylic acids is 1. The predicted molar refractivity (Wildman–Crippen MR) is 73.5 cm³/mol. The van der Waals surface area contributed by atoms with Crippen molar-refractivity contribution in [3.05, 3.63) is 30.4 Å². The minimum atomic E-state index is -1.29. The Balaban J connectivity index is 2.70. The summed E-state index contributed by atoms with van der Waals surface area (Å²) in [6, 6.07) is 3.87. The van der Waals surface area contributed by atoms with Gasteiger partial charge in [0.05, 0.1) is 19.9 Å². The lowest BCUT2D eigenvalue weighted by atomic mass is 10.2. The first kappa shape index (κ1) is 16.0. The lowest BCUT2D eigenvalue weighted by Gasteiger charge is -2.11. The Morgan fingerprint density at radius 3 is 2.43 bits per heavy atom. The Kier molecular flexibility index (Phi) is 5.75. The monoisotopic (exact) mass is 294 g/mol. The van der Waals surface area contributed by atoms with Crippen LogP contribution in [0, 0.1) is 0 Å². The molecule has 0 saturated carbocycles. The number of imide groups is 1. The van der Waals surface area contributed by atoms with Gasteiger partial charge >= 0.3 is 12.0 Å². The van der Waals surface area contributed by atoms with Crippen LogP contribution in [0.5, 0.6) is 11.5 Å². The first-order valence-electron chi connectivity index (χ1n) is 5.71. The average Bonchev–Trinajstić information content (AvgIpc) is 2.45. The molecule has 1 rings (SSSR count). The van der Waals surface area contributed by atoms with Crippen LogP contribution in [0.4, 0.5) is 10.5 Å².